The molecule has 2 N–H and O–H groups in total. The Bertz CT molecular complexity index is 1320. The number of allylic oxidation sites excluding steroid dienone is 3. The fourth-order valence-electron chi connectivity index (χ4n) is 7.26. The minimum atomic E-state index is -1.90. The Balaban J connectivity index is 1.37. The van der Waals surface area contributed by atoms with Crippen LogP contribution in [0.15, 0.2) is 36.0 Å². The van der Waals surface area contributed by atoms with Crippen LogP contribution >= 0.6 is 11.6 Å². The number of carbonyl (C=O) groups excluding carboxylic acids is 2. The van der Waals surface area contributed by atoms with Crippen molar-refractivity contribution in [1.82, 2.24) is 5.32 Å². The van der Waals surface area contributed by atoms with E-state index in [0.717, 1.165) is 12.0 Å². The summed E-state index contributed by atoms with van der Waals surface area (Å²) in [5.74, 6) is 3.34. The highest BCUT2D eigenvalue weighted by Gasteiger charge is 2.61. The predicted octanol–water partition coefficient (Wildman–Crippen LogP) is 4.16. The molecule has 0 spiro atoms. The lowest BCUT2D eigenvalue weighted by atomic mass is 9.79. The molecular formula is C35H48ClNO10. The molecule has 0 radical (unpaired) electrons. The minimum Gasteiger partial charge on any atom is -0.458 e. The first-order chi connectivity index (χ1) is 22.3. The van der Waals surface area contributed by atoms with Gasteiger partial charge in [-0.2, -0.15) is 0 Å². The average molecular weight is 678 g/mol. The van der Waals surface area contributed by atoms with Gasteiger partial charge in [0.05, 0.1) is 30.8 Å². The van der Waals surface area contributed by atoms with Crippen LogP contribution < -0.4 is 5.32 Å². The van der Waals surface area contributed by atoms with E-state index in [1.165, 1.54) is 7.11 Å². The maximum absolute atomic E-state index is 13.4. The zero-order valence-electron chi connectivity index (χ0n) is 28.1. The Labute approximate surface area is 282 Å². The summed E-state index contributed by atoms with van der Waals surface area (Å²) in [6, 6.07) is -0.443. The third-order valence-corrected chi connectivity index (χ3v) is 10.4. The second-order valence-corrected chi connectivity index (χ2v) is 14.3. The summed E-state index contributed by atoms with van der Waals surface area (Å²) in [7, 11) is 3.14. The van der Waals surface area contributed by atoms with Crippen molar-refractivity contribution in [1.29, 1.82) is 0 Å². The molecule has 1 unspecified atom stereocenters. The Hall–Kier alpha value is -2.43. The number of hydrogen-bond donors (Lipinski definition) is 2. The SMILES string of the molecule is CO[C@H]1/C=C(\C)C[C@@H](/C=C/C=C/C#C[C@@H]2C[C@H]2Cl)OC(=O)C[C@@]2(O)C[C@@H](O[C@H]3O[C@H](C)[C@@H]4NC(=O)O[C@]4(C)[C@@H]3OC)[C@H](C)C(O2)[C@H]1C. The topological polar surface area (TPSA) is 131 Å². The molecule has 12 heteroatoms. The summed E-state index contributed by atoms with van der Waals surface area (Å²) in [6.07, 6.45) is 5.17. The molecule has 11 nitrogen and oxygen atoms in total. The first kappa shape index (κ1) is 35.9. The summed E-state index contributed by atoms with van der Waals surface area (Å²) < 4.78 is 42.5. The second-order valence-electron chi connectivity index (χ2n) is 13.7. The van der Waals surface area contributed by atoms with Gasteiger partial charge in [-0.05, 0) is 39.3 Å². The van der Waals surface area contributed by atoms with Crippen molar-refractivity contribution in [2.24, 2.45) is 17.8 Å². The normalized spacial score (nSPS) is 46.5. The average Bonchev–Trinajstić information content (AvgIpc) is 3.60. The highest BCUT2D eigenvalue weighted by atomic mass is 35.5. The van der Waals surface area contributed by atoms with Crippen LogP contribution in [0, 0.1) is 29.6 Å². The van der Waals surface area contributed by atoms with E-state index in [1.807, 2.05) is 33.8 Å². The van der Waals surface area contributed by atoms with Crippen LogP contribution in [0.1, 0.15) is 60.3 Å². The standard InChI is InChI=1S/C35H48ClNO10/c1-19-14-24(13-11-9-8-10-12-23-16-25(23)36)44-28(38)18-35(40)17-27(21(3)29(46-35)20(2)26(15-19)41-6)45-32-31(42-7)34(5)30(22(4)43-32)37-33(39)47-34/h8-9,11,13,15,20-27,29-32,40H,14,16-18H2,1-7H3,(H,37,39)/b9-8+,13-11+,19-15+/t20-,21-,22+,23+,24+,25+,26-,27+,29?,30-,31+,32+,34-,35+/m0/s1. The van der Waals surface area contributed by atoms with Crippen molar-refractivity contribution in [3.05, 3.63) is 36.0 Å². The summed E-state index contributed by atoms with van der Waals surface area (Å²) in [5, 5.41) is 14.8. The fourth-order valence-corrected chi connectivity index (χ4v) is 7.51. The van der Waals surface area contributed by atoms with E-state index in [-0.39, 0.29) is 35.7 Å². The molecule has 4 fully saturated rings. The minimum absolute atomic E-state index is 0.0338. The molecule has 0 aromatic heterocycles. The lowest BCUT2D eigenvalue weighted by molar-refractivity contribution is -0.348. The maximum atomic E-state index is 13.4. The van der Waals surface area contributed by atoms with E-state index in [2.05, 4.69) is 17.2 Å². The Morgan fingerprint density at radius 2 is 1.89 bits per heavy atom. The number of cyclic esters (lactones) is 1. The van der Waals surface area contributed by atoms with Crippen molar-refractivity contribution in [2.45, 2.75) is 126 Å². The van der Waals surface area contributed by atoms with Crippen LogP contribution in [0.4, 0.5) is 4.79 Å². The number of esters is 1. The van der Waals surface area contributed by atoms with Gasteiger partial charge in [-0.25, -0.2) is 4.79 Å². The van der Waals surface area contributed by atoms with E-state index in [4.69, 9.17) is 44.8 Å². The number of aliphatic hydroxyl groups is 1. The van der Waals surface area contributed by atoms with Crippen LogP contribution in [-0.2, 0) is 38.0 Å². The van der Waals surface area contributed by atoms with Gasteiger partial charge in [0.1, 0.15) is 18.2 Å². The molecule has 5 aliphatic rings. The molecule has 260 valence electrons. The monoisotopic (exact) mass is 677 g/mol. The number of carbonyl (C=O) groups is 2. The van der Waals surface area contributed by atoms with E-state index in [9.17, 15) is 14.7 Å². The van der Waals surface area contributed by atoms with Gasteiger partial charge in [0.15, 0.2) is 17.7 Å². The van der Waals surface area contributed by atoms with Gasteiger partial charge >= 0.3 is 12.1 Å². The number of alkyl halides is 1. The summed E-state index contributed by atoms with van der Waals surface area (Å²) in [5.41, 5.74) is -0.0797. The summed E-state index contributed by atoms with van der Waals surface area (Å²) in [4.78, 5) is 25.6. The van der Waals surface area contributed by atoms with E-state index in [1.54, 1.807) is 38.3 Å². The molecule has 4 heterocycles. The molecule has 5 rings (SSSR count). The van der Waals surface area contributed by atoms with Gasteiger partial charge in [0, 0.05) is 50.2 Å². The van der Waals surface area contributed by atoms with Crippen LogP contribution in [0.25, 0.3) is 0 Å². The largest absolute Gasteiger partial charge is 0.458 e. The Morgan fingerprint density at radius 3 is 2.57 bits per heavy atom. The molecule has 0 aromatic rings. The number of amides is 1. The number of ether oxygens (including phenoxy) is 7. The molecule has 0 aromatic carbocycles. The van der Waals surface area contributed by atoms with Crippen LogP contribution in [0.3, 0.4) is 0 Å². The summed E-state index contributed by atoms with van der Waals surface area (Å²) in [6.45, 7) is 9.57. The smallest absolute Gasteiger partial charge is 0.408 e. The maximum Gasteiger partial charge on any atom is 0.408 e. The molecule has 4 aliphatic heterocycles. The number of hydrogen-bond acceptors (Lipinski definition) is 10. The molecule has 1 amide bonds. The third-order valence-electron chi connectivity index (χ3n) is 9.96. The van der Waals surface area contributed by atoms with E-state index in [0.29, 0.717) is 6.42 Å². The number of nitrogens with one attached hydrogen (secondary N) is 1. The third kappa shape index (κ3) is 8.07. The Kier molecular flexibility index (Phi) is 11.1. The van der Waals surface area contributed by atoms with Crippen molar-refractivity contribution in [3.63, 3.8) is 0 Å². The molecule has 1 aliphatic carbocycles. The molecule has 47 heavy (non-hydrogen) atoms. The highest BCUT2D eigenvalue weighted by Crippen LogP contribution is 2.44. The first-order valence-electron chi connectivity index (χ1n) is 16.4. The zero-order chi connectivity index (χ0) is 34.1. The number of halogens is 1. The van der Waals surface area contributed by atoms with Gasteiger partial charge in [-0.1, -0.05) is 49.5 Å². The van der Waals surface area contributed by atoms with E-state index >= 15 is 0 Å². The zero-order valence-corrected chi connectivity index (χ0v) is 28.9. The van der Waals surface area contributed by atoms with Gasteiger partial charge in [0.25, 0.3) is 0 Å². The first-order valence-corrected chi connectivity index (χ1v) is 16.8. The summed E-state index contributed by atoms with van der Waals surface area (Å²) >= 11 is 6.01. The van der Waals surface area contributed by atoms with Crippen molar-refractivity contribution >= 4 is 23.7 Å². The highest BCUT2D eigenvalue weighted by molar-refractivity contribution is 6.22. The number of rotatable bonds is 6. The van der Waals surface area contributed by atoms with Crippen LogP contribution in [-0.4, -0.2) is 97.1 Å². The quantitative estimate of drug-likeness (QED) is 0.139. The van der Waals surface area contributed by atoms with Crippen molar-refractivity contribution in [2.75, 3.05) is 14.2 Å². The number of methoxy groups -OCH3 is 2. The lowest BCUT2D eigenvalue weighted by Crippen LogP contribution is -2.67. The van der Waals surface area contributed by atoms with Gasteiger partial charge in [0.2, 0.25) is 0 Å². The molecule has 3 saturated heterocycles. The number of alkyl carbamates (subject to hydrolysis) is 1. The molecule has 14 atom stereocenters. The molecule has 2 bridgehead atoms. The Morgan fingerprint density at radius 1 is 1.15 bits per heavy atom. The number of fused-ring (bicyclic) bond motifs is 3. The van der Waals surface area contributed by atoms with Gasteiger partial charge < -0.3 is 43.6 Å². The predicted molar refractivity (Wildman–Crippen MR) is 172 cm³/mol. The molecular weight excluding hydrogens is 630 g/mol. The van der Waals surface area contributed by atoms with Crippen LogP contribution in [0.2, 0.25) is 0 Å². The van der Waals surface area contributed by atoms with Crippen LogP contribution in [0.5, 0.6) is 0 Å². The molecule has 1 saturated carbocycles. The van der Waals surface area contributed by atoms with Gasteiger partial charge in [-0.15, -0.1) is 11.6 Å². The fraction of sp³-hybridized carbons (Fsp3) is 0.714. The van der Waals surface area contributed by atoms with Gasteiger partial charge in [-0.3, -0.25) is 4.79 Å². The van der Waals surface area contributed by atoms with Crippen molar-refractivity contribution in [3.8, 4) is 11.8 Å². The van der Waals surface area contributed by atoms with Crippen molar-refractivity contribution < 1.29 is 47.9 Å². The lowest BCUT2D eigenvalue weighted by Gasteiger charge is -2.51. The van der Waals surface area contributed by atoms with E-state index < -0.39 is 72.7 Å². The second kappa shape index (κ2) is 14.6.